The number of rotatable bonds is 15. The number of amides is 2. The van der Waals surface area contributed by atoms with Gasteiger partial charge in [-0.25, -0.2) is 0 Å². The first-order valence-electron chi connectivity index (χ1n) is 32.5. The molecule has 0 aromatic heterocycles. The minimum absolute atomic E-state index is 0.0268. The van der Waals surface area contributed by atoms with E-state index in [0.29, 0.717) is 0 Å². The van der Waals surface area contributed by atoms with E-state index in [2.05, 4.69) is 10.6 Å². The predicted molar refractivity (Wildman–Crippen MR) is 312 cm³/mol. The van der Waals surface area contributed by atoms with Crippen LogP contribution < -0.4 is 20.1 Å². The van der Waals surface area contributed by atoms with E-state index in [0.717, 1.165) is 6.92 Å². The fourth-order valence-corrected chi connectivity index (χ4v) is 13.2. The summed E-state index contributed by atoms with van der Waals surface area (Å²) in [6.45, 7) is -7.78. The minimum Gasteiger partial charge on any atom is -0.484 e. The highest BCUT2D eigenvalue weighted by atomic mass is 16.8. The van der Waals surface area contributed by atoms with Crippen LogP contribution >= 0.6 is 0 Å². The van der Waals surface area contributed by atoms with Crippen molar-refractivity contribution in [1.82, 2.24) is 10.6 Å². The summed E-state index contributed by atoms with van der Waals surface area (Å²) in [6.07, 6.45) is -79.1. The highest BCUT2D eigenvalue weighted by Gasteiger charge is 2.60. The van der Waals surface area contributed by atoms with Gasteiger partial charge in [-0.15, -0.1) is 0 Å². The predicted octanol–water partition coefficient (Wildman–Crippen LogP) is -16.7. The van der Waals surface area contributed by atoms with Crippen LogP contribution in [0.5, 0.6) is 11.5 Å². The molecule has 25 N–H and O–H groups in total. The second kappa shape index (κ2) is 35.1. The molecule has 22 fully saturated rings. The first-order valence-corrected chi connectivity index (χ1v) is 32.5. The molecule has 584 valence electrons. The maximum atomic E-state index is 13.6. The van der Waals surface area contributed by atoms with Crippen molar-refractivity contribution in [3.63, 3.8) is 0 Å². The lowest BCUT2D eigenvalue weighted by atomic mass is 9.95. The summed E-state index contributed by atoms with van der Waals surface area (Å²) in [4.78, 5) is 25.5. The molecule has 1 aromatic carbocycles. The summed E-state index contributed by atoms with van der Waals surface area (Å²) in [5.74, 6) is -1.47. The summed E-state index contributed by atoms with van der Waals surface area (Å²) < 4.78 is 98.2. The molecule has 23 rings (SSSR count). The highest BCUT2D eigenvalue weighted by molar-refractivity contribution is 5.77. The third-order valence-corrected chi connectivity index (χ3v) is 18.8. The van der Waals surface area contributed by atoms with Crippen molar-refractivity contribution in [2.45, 2.75) is 253 Å². The zero-order valence-electron chi connectivity index (χ0n) is 53.8. The van der Waals surface area contributed by atoms with Gasteiger partial charge >= 0.3 is 0 Å². The normalized spacial score (nSPS) is 49.0. The van der Waals surface area contributed by atoms with E-state index in [1.165, 1.54) is 24.3 Å². The summed E-state index contributed by atoms with van der Waals surface area (Å²) >= 11 is 0. The SMILES string of the molecule is CC(=O)N[C@H]1[C@H](Oc2ccc(OCC(=O)NC[C@H]3O[C@@H]4O[C@H]5[C@H](O)[C@@H](O)[C@@H](O[C@H]6[C@H](O)[C@@H](O)[C@@H](O[C@H]7[C@H](O)[C@@H](O)[C@@H](O[C@H]8[C@H](O)[C@@H](O)[C@@H](O[C@H]9[C@H](O)[C@@H](O)[C@@H](O[C@H]%10[C@H](O)[C@@H](O)[C@@H](O[C@H]3[C@H](O)[C@H]4O)O[C@@H]%10CO)O[C@@H]9CO)O[C@@H]8CO)O[C@@H]7CO)O[C@@H]6CO)O[C@@H]5CO)cc2)O[C@H](CO)[C@@H](O)[C@@H]1O. The van der Waals surface area contributed by atoms with Gasteiger partial charge in [-0.3, -0.25) is 9.59 Å². The van der Waals surface area contributed by atoms with Crippen LogP contribution in [0.3, 0.4) is 0 Å². The van der Waals surface area contributed by atoms with E-state index in [9.17, 15) is 127 Å². The number of carbonyl (C=O) groups excluding carboxylic acids is 2. The van der Waals surface area contributed by atoms with Gasteiger partial charge in [0.1, 0.15) is 207 Å². The molecular formula is C58H90N2O42. The van der Waals surface area contributed by atoms with Gasteiger partial charge in [0.25, 0.3) is 5.91 Å². The Morgan fingerprint density at radius 3 is 0.843 bits per heavy atom. The van der Waals surface area contributed by atoms with E-state index in [4.69, 9.17) is 80.5 Å². The number of ether oxygens (including phenoxy) is 17. The van der Waals surface area contributed by atoms with E-state index < -0.39 is 317 Å². The Labute approximate surface area is 576 Å². The Morgan fingerprint density at radius 2 is 0.578 bits per heavy atom. The van der Waals surface area contributed by atoms with Gasteiger partial charge in [-0.05, 0) is 24.3 Å². The van der Waals surface area contributed by atoms with Crippen LogP contribution in [0.15, 0.2) is 24.3 Å². The molecule has 14 bridgehead atoms. The number of hydrogen-bond acceptors (Lipinski definition) is 42. The summed E-state index contributed by atoms with van der Waals surface area (Å²) in [5, 5.41) is 261. The Kier molecular flexibility index (Phi) is 27.8. The fraction of sp³-hybridized carbons (Fsp3) is 0.862. The highest BCUT2D eigenvalue weighted by Crippen LogP contribution is 2.40. The molecule has 22 aliphatic rings. The van der Waals surface area contributed by atoms with Gasteiger partial charge in [-0.1, -0.05) is 0 Å². The van der Waals surface area contributed by atoms with Crippen molar-refractivity contribution in [3.05, 3.63) is 24.3 Å². The molecule has 1 aromatic rings. The Bertz CT molecular complexity index is 2780. The monoisotopic (exact) mass is 1490 g/mol. The lowest BCUT2D eigenvalue weighted by Gasteiger charge is -2.50. The van der Waals surface area contributed by atoms with Crippen molar-refractivity contribution in [2.75, 3.05) is 59.4 Å². The number of carbonyl (C=O) groups is 2. The molecule has 0 unspecified atom stereocenters. The molecule has 0 aliphatic carbocycles. The van der Waals surface area contributed by atoms with Crippen LogP contribution in [-0.2, 0) is 80.6 Å². The van der Waals surface area contributed by atoms with Crippen LogP contribution in [0.4, 0.5) is 0 Å². The smallest absolute Gasteiger partial charge is 0.258 e. The fourth-order valence-electron chi connectivity index (χ4n) is 13.2. The van der Waals surface area contributed by atoms with Crippen LogP contribution in [0.1, 0.15) is 6.92 Å². The van der Waals surface area contributed by atoms with Crippen molar-refractivity contribution in [3.8, 4) is 11.5 Å². The standard InChI is InChI=1S/C58H90N2O42/c1-15(68)60-27-29(71)28(70)19(7-61)89-51(27)87-17-4-2-16(3-5-17)86-14-26(69)59-6-18-44-30(72)37(79)52(88-18)97-45-20(8-62)91-54(39(81)32(45)74)99-47-22(10-64)93-56(41(83)34(47)76)101-49-24(12-66)95-58(43(85)36(49)78)102-50-25(13-67)94-57(42(84)35(50)77)100-48-23(11-65)92-55(40(82)33(48)75)98-46-21(9-63)90-53(96-44)38(80)31(46)73/h2-5,18-25,27-58,61-67,70-85H,6-14H2,1H3,(H,59,69)(H,60,68)/t18-,19-,20-,21-,22-,23-,24-,25-,27-,28-,29-,30-,31-,32-,33-,34-,35-,36-,37-,38-,39-,40-,41-,42-,43-,44-,45-,46-,47-,48-,49-,50-,51-,52-,53-,54-,55-,56-,57-,58-/m1/s1. The molecule has 0 spiro atoms. The molecule has 40 atom stereocenters. The zero-order valence-corrected chi connectivity index (χ0v) is 53.8. The van der Waals surface area contributed by atoms with Crippen molar-refractivity contribution in [2.24, 2.45) is 0 Å². The molecular weight excluding hydrogens is 1400 g/mol. The Balaban J connectivity index is 0.901. The molecule has 0 radical (unpaired) electrons. The van der Waals surface area contributed by atoms with Gasteiger partial charge in [0.15, 0.2) is 50.6 Å². The van der Waals surface area contributed by atoms with E-state index in [1.807, 2.05) is 0 Å². The number of aliphatic hydroxyl groups is 23. The zero-order chi connectivity index (χ0) is 74.0. The topological polar surface area (TPSA) is 680 Å². The molecule has 102 heavy (non-hydrogen) atoms. The lowest BCUT2D eigenvalue weighted by molar-refractivity contribution is -0.396. The van der Waals surface area contributed by atoms with E-state index in [1.54, 1.807) is 0 Å². The molecule has 44 heteroatoms. The number of hydrogen-bond donors (Lipinski definition) is 25. The Morgan fingerprint density at radius 1 is 0.324 bits per heavy atom. The first kappa shape index (κ1) is 80.8. The maximum absolute atomic E-state index is 13.6. The van der Waals surface area contributed by atoms with Crippen LogP contribution in [0.25, 0.3) is 0 Å². The molecule has 2 amide bonds. The summed E-state index contributed by atoms with van der Waals surface area (Å²) in [5.41, 5.74) is 0. The molecule has 44 nitrogen and oxygen atoms in total. The third-order valence-electron chi connectivity index (χ3n) is 18.8. The minimum atomic E-state index is -2.34. The van der Waals surface area contributed by atoms with Gasteiger partial charge in [-0.2, -0.15) is 0 Å². The van der Waals surface area contributed by atoms with Crippen molar-refractivity contribution < 1.29 is 208 Å². The van der Waals surface area contributed by atoms with E-state index in [-0.39, 0.29) is 11.5 Å². The average molecular weight is 1490 g/mol. The second-order valence-electron chi connectivity index (χ2n) is 25.6. The van der Waals surface area contributed by atoms with Crippen LogP contribution in [-0.4, -0.2) is 434 Å². The largest absolute Gasteiger partial charge is 0.484 e. The van der Waals surface area contributed by atoms with E-state index >= 15 is 0 Å². The number of aliphatic hydroxyl groups excluding tert-OH is 23. The quantitative estimate of drug-likeness (QED) is 0.0775. The molecule has 22 aliphatic heterocycles. The number of benzene rings is 1. The number of nitrogens with one attached hydrogen (secondary N) is 2. The first-order chi connectivity index (χ1) is 48.6. The van der Waals surface area contributed by atoms with Gasteiger partial charge in [0, 0.05) is 13.5 Å². The lowest BCUT2D eigenvalue weighted by Crippen LogP contribution is -2.68. The maximum Gasteiger partial charge on any atom is 0.258 e. The second-order valence-corrected chi connectivity index (χ2v) is 25.6. The summed E-state index contributed by atoms with van der Waals surface area (Å²) in [7, 11) is 0. The Hall–Kier alpha value is -3.76. The van der Waals surface area contributed by atoms with Gasteiger partial charge in [0.2, 0.25) is 12.2 Å². The van der Waals surface area contributed by atoms with Gasteiger partial charge < -0.3 is 209 Å². The van der Waals surface area contributed by atoms with Crippen LogP contribution in [0, 0.1) is 0 Å². The van der Waals surface area contributed by atoms with Crippen molar-refractivity contribution in [1.29, 1.82) is 0 Å². The third kappa shape index (κ3) is 17.1. The average Bonchev–Trinajstić information content (AvgIpc) is 0.774. The van der Waals surface area contributed by atoms with Crippen molar-refractivity contribution >= 4 is 11.8 Å². The molecule has 0 saturated carbocycles. The van der Waals surface area contributed by atoms with Gasteiger partial charge in [0.05, 0.1) is 46.2 Å². The van der Waals surface area contributed by atoms with Crippen LogP contribution in [0.2, 0.25) is 0 Å². The molecule has 22 heterocycles. The summed E-state index contributed by atoms with van der Waals surface area (Å²) in [6, 6.07) is 4.00. The molecule has 22 saturated heterocycles.